The molecule has 0 heterocycles. The third kappa shape index (κ3) is 6.33. The van der Waals surface area contributed by atoms with Crippen LogP contribution in [0.4, 0.5) is 0 Å². The number of halogens is 1. The molecule has 2 aromatic rings. The van der Waals surface area contributed by atoms with Gasteiger partial charge < -0.3 is 10.2 Å². The molecule has 0 aliphatic rings. The minimum absolute atomic E-state index is 0.0507. The Morgan fingerprint density at radius 2 is 1.70 bits per heavy atom. The van der Waals surface area contributed by atoms with E-state index in [9.17, 15) is 9.59 Å². The average Bonchev–Trinajstić information content (AvgIpc) is 2.72. The minimum atomic E-state index is -0.526. The molecule has 1 atom stereocenters. The van der Waals surface area contributed by atoms with Gasteiger partial charge in [-0.1, -0.05) is 81.8 Å². The van der Waals surface area contributed by atoms with Crippen molar-refractivity contribution in [2.24, 2.45) is 0 Å². The van der Waals surface area contributed by atoms with Gasteiger partial charge >= 0.3 is 0 Å². The lowest BCUT2D eigenvalue weighted by Crippen LogP contribution is -2.48. The molecule has 2 rings (SSSR count). The Bertz CT molecular complexity index is 856. The number of nitrogens with zero attached hydrogens (tertiary/aromatic N) is 1. The van der Waals surface area contributed by atoms with Crippen molar-refractivity contribution in [3.63, 3.8) is 0 Å². The molecule has 0 fully saturated rings. The first-order valence-corrected chi connectivity index (χ1v) is 10.9. The molecule has 0 radical (unpaired) electrons. The molecular weight excluding hydrogens is 396 g/mol. The number of carbonyl (C=O) groups excluding carboxylic acids is 2. The highest BCUT2D eigenvalue weighted by atomic mass is 35.5. The van der Waals surface area contributed by atoms with Crippen molar-refractivity contribution < 1.29 is 9.59 Å². The Morgan fingerprint density at radius 3 is 2.23 bits per heavy atom. The molecule has 0 aromatic heterocycles. The number of hydrogen-bond donors (Lipinski definition) is 1. The second kappa shape index (κ2) is 10.6. The summed E-state index contributed by atoms with van der Waals surface area (Å²) in [6, 6.07) is 15.3. The van der Waals surface area contributed by atoms with Crippen molar-refractivity contribution in [3.05, 3.63) is 70.2 Å². The summed E-state index contributed by atoms with van der Waals surface area (Å²) in [6.07, 6.45) is 1.51. The van der Waals surface area contributed by atoms with E-state index in [4.69, 9.17) is 11.6 Å². The Kier molecular flexibility index (Phi) is 8.48. The van der Waals surface area contributed by atoms with Crippen LogP contribution < -0.4 is 5.32 Å². The molecule has 1 N–H and O–H groups in total. The lowest BCUT2D eigenvalue weighted by molar-refractivity contribution is -0.141. The lowest BCUT2D eigenvalue weighted by Gasteiger charge is -2.30. The highest BCUT2D eigenvalue weighted by Crippen LogP contribution is 2.23. The predicted molar refractivity (Wildman–Crippen MR) is 124 cm³/mol. The van der Waals surface area contributed by atoms with Crippen molar-refractivity contribution in [1.29, 1.82) is 0 Å². The molecule has 0 aliphatic carbocycles. The molecule has 0 spiro atoms. The van der Waals surface area contributed by atoms with Crippen LogP contribution in [-0.2, 0) is 28.0 Å². The molecule has 5 heteroatoms. The molecule has 0 unspecified atom stereocenters. The number of carbonyl (C=O) groups is 2. The average molecular weight is 429 g/mol. The van der Waals surface area contributed by atoms with E-state index in [1.807, 2.05) is 25.1 Å². The summed E-state index contributed by atoms with van der Waals surface area (Å²) >= 11 is 6.32. The summed E-state index contributed by atoms with van der Waals surface area (Å²) in [5.74, 6) is -0.210. The zero-order chi connectivity index (χ0) is 22.3. The van der Waals surface area contributed by atoms with E-state index in [2.05, 4.69) is 50.4 Å². The largest absolute Gasteiger partial charge is 0.357 e. The number of nitrogens with one attached hydrogen (secondary N) is 1. The fourth-order valence-electron chi connectivity index (χ4n) is 3.46. The molecule has 0 saturated heterocycles. The topological polar surface area (TPSA) is 49.4 Å². The van der Waals surface area contributed by atoms with Crippen LogP contribution in [0.5, 0.6) is 0 Å². The van der Waals surface area contributed by atoms with Crippen molar-refractivity contribution in [3.8, 4) is 0 Å². The summed E-state index contributed by atoms with van der Waals surface area (Å²) < 4.78 is 0. The van der Waals surface area contributed by atoms with E-state index in [1.54, 1.807) is 18.0 Å². The van der Waals surface area contributed by atoms with Crippen molar-refractivity contribution in [1.82, 2.24) is 10.2 Å². The highest BCUT2D eigenvalue weighted by molar-refractivity contribution is 6.31. The molecule has 4 nitrogen and oxygen atoms in total. The minimum Gasteiger partial charge on any atom is -0.357 e. The number of rotatable bonds is 8. The maximum absolute atomic E-state index is 13.2. The van der Waals surface area contributed by atoms with Gasteiger partial charge in [-0.25, -0.2) is 0 Å². The van der Waals surface area contributed by atoms with E-state index in [0.29, 0.717) is 30.8 Å². The summed E-state index contributed by atoms with van der Waals surface area (Å²) in [5, 5.41) is 3.28. The normalized spacial score (nSPS) is 12.3. The van der Waals surface area contributed by atoms with E-state index in [0.717, 1.165) is 11.1 Å². The molecule has 2 amide bonds. The summed E-state index contributed by atoms with van der Waals surface area (Å²) in [7, 11) is 1.60. The predicted octanol–water partition coefficient (Wildman–Crippen LogP) is 5.12. The number of benzene rings is 2. The van der Waals surface area contributed by atoms with Crippen LogP contribution in [0.3, 0.4) is 0 Å². The Labute approximate surface area is 185 Å². The monoisotopic (exact) mass is 428 g/mol. The first kappa shape index (κ1) is 23.9. The van der Waals surface area contributed by atoms with Gasteiger partial charge in [0.1, 0.15) is 6.04 Å². The van der Waals surface area contributed by atoms with E-state index >= 15 is 0 Å². The summed E-state index contributed by atoms with van der Waals surface area (Å²) in [4.78, 5) is 27.3. The molecule has 2 aromatic carbocycles. The highest BCUT2D eigenvalue weighted by Gasteiger charge is 2.28. The Hall–Kier alpha value is -2.33. The van der Waals surface area contributed by atoms with Crippen molar-refractivity contribution >= 4 is 23.4 Å². The van der Waals surface area contributed by atoms with Crippen LogP contribution >= 0.6 is 11.6 Å². The van der Waals surface area contributed by atoms with Gasteiger partial charge in [0.05, 0.1) is 0 Å². The van der Waals surface area contributed by atoms with Gasteiger partial charge in [0.25, 0.3) is 0 Å². The number of hydrogen-bond acceptors (Lipinski definition) is 2. The Morgan fingerprint density at radius 1 is 1.07 bits per heavy atom. The van der Waals surface area contributed by atoms with Crippen LogP contribution in [0.15, 0.2) is 48.5 Å². The van der Waals surface area contributed by atoms with Crippen LogP contribution in [0.2, 0.25) is 5.02 Å². The second-order valence-corrected chi connectivity index (χ2v) is 9.01. The first-order chi connectivity index (χ1) is 14.2. The zero-order valence-electron chi connectivity index (χ0n) is 18.7. The van der Waals surface area contributed by atoms with Gasteiger partial charge in [-0.2, -0.15) is 0 Å². The summed E-state index contributed by atoms with van der Waals surface area (Å²) in [6.45, 7) is 8.77. The van der Waals surface area contributed by atoms with Crippen LogP contribution in [0.1, 0.15) is 57.2 Å². The van der Waals surface area contributed by atoms with Crippen LogP contribution in [-0.4, -0.2) is 29.8 Å². The van der Waals surface area contributed by atoms with Gasteiger partial charge in [0.15, 0.2) is 0 Å². The van der Waals surface area contributed by atoms with Gasteiger partial charge in [-0.15, -0.1) is 0 Å². The summed E-state index contributed by atoms with van der Waals surface area (Å²) in [5.41, 5.74) is 3.32. The fourth-order valence-corrected chi connectivity index (χ4v) is 3.66. The first-order valence-electron chi connectivity index (χ1n) is 10.5. The second-order valence-electron chi connectivity index (χ2n) is 8.60. The van der Waals surface area contributed by atoms with Crippen molar-refractivity contribution in [2.45, 2.75) is 65.0 Å². The van der Waals surface area contributed by atoms with Crippen LogP contribution in [0, 0.1) is 0 Å². The van der Waals surface area contributed by atoms with E-state index < -0.39 is 6.04 Å². The zero-order valence-corrected chi connectivity index (χ0v) is 19.4. The molecular formula is C25H33ClN2O2. The molecule has 0 saturated carbocycles. The van der Waals surface area contributed by atoms with Gasteiger partial charge in [0, 0.05) is 25.0 Å². The Balaban J connectivity index is 2.17. The third-order valence-corrected chi connectivity index (χ3v) is 5.75. The smallest absolute Gasteiger partial charge is 0.242 e. The maximum Gasteiger partial charge on any atom is 0.242 e. The fraction of sp³-hybridized carbons (Fsp3) is 0.440. The van der Waals surface area contributed by atoms with Gasteiger partial charge in [0.2, 0.25) is 11.8 Å². The van der Waals surface area contributed by atoms with Crippen molar-refractivity contribution in [2.75, 3.05) is 7.05 Å². The number of likely N-dealkylation sites (N-methyl/N-ethyl adjacent to an activating group) is 1. The molecule has 162 valence electrons. The molecule has 30 heavy (non-hydrogen) atoms. The lowest BCUT2D eigenvalue weighted by atomic mass is 9.86. The third-order valence-electron chi connectivity index (χ3n) is 5.38. The van der Waals surface area contributed by atoms with Crippen LogP contribution in [0.25, 0.3) is 0 Å². The number of amides is 2. The molecule has 0 bridgehead atoms. The maximum atomic E-state index is 13.2. The number of aryl methyl sites for hydroxylation is 1. The quantitative estimate of drug-likeness (QED) is 0.634. The SMILES string of the molecule is CC[C@H](C(=O)NC)N(Cc1ccccc1Cl)C(=O)CCc1ccc(C(C)(C)C)cc1. The standard InChI is InChI=1S/C25H33ClN2O2/c1-6-22(24(30)27-5)28(17-19-9-7-8-10-21(19)26)23(29)16-13-18-11-14-20(15-12-18)25(2,3)4/h7-12,14-15,22H,6,13,16-17H2,1-5H3,(H,27,30)/t22-/m1/s1. The van der Waals surface area contributed by atoms with E-state index in [1.165, 1.54) is 5.56 Å². The van der Waals surface area contributed by atoms with E-state index in [-0.39, 0.29) is 17.2 Å². The van der Waals surface area contributed by atoms with Gasteiger partial charge in [-0.3, -0.25) is 9.59 Å². The van der Waals surface area contributed by atoms with Gasteiger partial charge in [-0.05, 0) is 41.0 Å². The molecule has 0 aliphatic heterocycles.